The number of aliphatic hydroxyl groups is 1. The van der Waals surface area contributed by atoms with Crippen molar-refractivity contribution in [3.63, 3.8) is 0 Å². The van der Waals surface area contributed by atoms with Gasteiger partial charge in [-0.1, -0.05) is 70.2 Å². The molecule has 7 nitrogen and oxygen atoms in total. The topological polar surface area (TPSA) is 81.2 Å². The molecule has 3 heterocycles. The van der Waals surface area contributed by atoms with Gasteiger partial charge in [0.2, 0.25) is 17.7 Å². The molecular weight excluding hydrogens is 558 g/mol. The van der Waals surface area contributed by atoms with Crippen LogP contribution in [0, 0.1) is 17.3 Å². The molecular formula is C35H51N3O4S. The molecule has 3 aliphatic rings. The Morgan fingerprint density at radius 1 is 1.12 bits per heavy atom. The molecule has 3 saturated heterocycles. The van der Waals surface area contributed by atoms with Gasteiger partial charge in [0.1, 0.15) is 6.04 Å². The number of benzene rings is 1. The van der Waals surface area contributed by atoms with Crippen LogP contribution in [0.5, 0.6) is 0 Å². The van der Waals surface area contributed by atoms with E-state index in [1.165, 1.54) is 0 Å². The van der Waals surface area contributed by atoms with Crippen molar-refractivity contribution in [2.75, 3.05) is 19.7 Å². The van der Waals surface area contributed by atoms with Crippen LogP contribution in [0.15, 0.2) is 55.6 Å². The minimum Gasteiger partial charge on any atom is -0.394 e. The van der Waals surface area contributed by atoms with E-state index >= 15 is 0 Å². The number of hydrogen-bond donors (Lipinski definition) is 1. The van der Waals surface area contributed by atoms with Gasteiger partial charge in [-0.15, -0.1) is 24.9 Å². The Hall–Kier alpha value is -2.58. The normalized spacial score (nSPS) is 27.1. The van der Waals surface area contributed by atoms with E-state index < -0.39 is 34.2 Å². The smallest absolute Gasteiger partial charge is 0.247 e. The molecule has 2 bridgehead atoms. The monoisotopic (exact) mass is 609 g/mol. The molecule has 1 spiro atoms. The molecule has 8 heteroatoms. The second kappa shape index (κ2) is 12.8. The molecule has 1 aromatic carbocycles. The fraction of sp³-hybridized carbons (Fsp3) is 0.629. The predicted molar refractivity (Wildman–Crippen MR) is 174 cm³/mol. The van der Waals surface area contributed by atoms with Crippen molar-refractivity contribution >= 4 is 29.5 Å². The van der Waals surface area contributed by atoms with Gasteiger partial charge in [0.15, 0.2) is 0 Å². The van der Waals surface area contributed by atoms with Crippen LogP contribution in [-0.2, 0) is 20.9 Å². The number of amides is 3. The Kier molecular flexibility index (Phi) is 9.92. The summed E-state index contributed by atoms with van der Waals surface area (Å²) in [6.07, 6.45) is 6.24. The molecule has 0 aromatic heterocycles. The molecule has 2 unspecified atom stereocenters. The maximum atomic E-state index is 14.9. The van der Waals surface area contributed by atoms with Crippen molar-refractivity contribution in [3.8, 4) is 0 Å². The summed E-state index contributed by atoms with van der Waals surface area (Å²) >= 11 is 1.68. The van der Waals surface area contributed by atoms with Crippen LogP contribution in [0.25, 0.3) is 0 Å². The highest BCUT2D eigenvalue weighted by atomic mass is 32.2. The van der Waals surface area contributed by atoms with E-state index in [2.05, 4.69) is 47.8 Å². The van der Waals surface area contributed by atoms with Crippen molar-refractivity contribution in [2.45, 2.75) is 101 Å². The first-order chi connectivity index (χ1) is 20.3. The fourth-order valence-corrected chi connectivity index (χ4v) is 10.4. The molecule has 0 aliphatic carbocycles. The molecule has 3 aliphatic heterocycles. The van der Waals surface area contributed by atoms with E-state index in [1.807, 2.05) is 42.2 Å². The first kappa shape index (κ1) is 33.3. The van der Waals surface area contributed by atoms with Gasteiger partial charge in [-0.2, -0.15) is 0 Å². The Bertz CT molecular complexity index is 1210. The van der Waals surface area contributed by atoms with E-state index in [0.29, 0.717) is 32.5 Å². The van der Waals surface area contributed by atoms with Gasteiger partial charge in [0.05, 0.1) is 29.2 Å². The van der Waals surface area contributed by atoms with Gasteiger partial charge in [0.25, 0.3) is 0 Å². The number of thioether (sulfide) groups is 1. The first-order valence-electron chi connectivity index (χ1n) is 15.7. The van der Waals surface area contributed by atoms with Gasteiger partial charge in [0, 0.05) is 30.4 Å². The number of hydrogen-bond acceptors (Lipinski definition) is 5. The van der Waals surface area contributed by atoms with Crippen molar-refractivity contribution in [1.29, 1.82) is 0 Å². The van der Waals surface area contributed by atoms with E-state index in [0.717, 1.165) is 18.4 Å². The summed E-state index contributed by atoms with van der Waals surface area (Å²) in [5.41, 5.74) is 0.488. The lowest BCUT2D eigenvalue weighted by Crippen LogP contribution is -2.61. The number of nitrogens with zero attached hydrogens (tertiary/aromatic N) is 3. The zero-order chi connectivity index (χ0) is 31.7. The van der Waals surface area contributed by atoms with E-state index in [4.69, 9.17) is 0 Å². The molecule has 6 atom stereocenters. The summed E-state index contributed by atoms with van der Waals surface area (Å²) in [4.78, 5) is 49.3. The standard InChI is InChI=1S/C35H51N3O4S/c1-9-19-36(21-24-15-13-12-14-16-24)30(40)27-26-17-18-35(43-26)28(27)31(41)38(25(11-3)22-39)29(35)32(42)37(20-10-2)34(7,8)23-33(4,5)6/h9-10,12-16,25-29,39H,1-2,11,17-23H2,3-8H3/t25-,26-,27+,28-,29?,35?/m0/s1. The molecule has 0 radical (unpaired) electrons. The van der Waals surface area contributed by atoms with Crippen molar-refractivity contribution in [3.05, 3.63) is 61.2 Å². The minimum atomic E-state index is -0.754. The number of rotatable bonds is 13. The number of carbonyl (C=O) groups is 3. The van der Waals surface area contributed by atoms with Crippen LogP contribution in [0.4, 0.5) is 0 Å². The summed E-state index contributed by atoms with van der Waals surface area (Å²) in [6.45, 7) is 21.4. The summed E-state index contributed by atoms with van der Waals surface area (Å²) in [6, 6.07) is 8.61. The van der Waals surface area contributed by atoms with Crippen molar-refractivity contribution in [1.82, 2.24) is 14.7 Å². The lowest BCUT2D eigenvalue weighted by Gasteiger charge is -2.46. The number of likely N-dealkylation sites (tertiary alicyclic amines) is 1. The van der Waals surface area contributed by atoms with Crippen molar-refractivity contribution in [2.24, 2.45) is 17.3 Å². The molecule has 3 fully saturated rings. The van der Waals surface area contributed by atoms with Crippen LogP contribution in [-0.4, -0.2) is 84.8 Å². The SMILES string of the molecule is C=CCN(Cc1ccccc1)C(=O)[C@@H]1[C@@H]2CCC3(S2)C(C(=O)N(CC=C)C(C)(C)CC(C)(C)C)N([C@@H](CC)CO)C(=O)[C@H]13. The third-order valence-electron chi connectivity index (χ3n) is 9.48. The third-order valence-corrected chi connectivity index (χ3v) is 11.4. The highest BCUT2D eigenvalue weighted by molar-refractivity contribution is 8.02. The van der Waals surface area contributed by atoms with Crippen LogP contribution >= 0.6 is 11.8 Å². The van der Waals surface area contributed by atoms with Gasteiger partial charge in [-0.3, -0.25) is 14.4 Å². The summed E-state index contributed by atoms with van der Waals surface area (Å²) in [7, 11) is 0. The van der Waals surface area contributed by atoms with Gasteiger partial charge in [-0.25, -0.2) is 0 Å². The average Bonchev–Trinajstić information content (AvgIpc) is 3.58. The molecule has 4 rings (SSSR count). The maximum Gasteiger partial charge on any atom is 0.247 e. The zero-order valence-corrected chi connectivity index (χ0v) is 27.7. The summed E-state index contributed by atoms with van der Waals surface area (Å²) < 4.78 is -0.717. The van der Waals surface area contributed by atoms with E-state index in [1.54, 1.807) is 33.7 Å². The molecule has 3 amide bonds. The first-order valence-corrected chi connectivity index (χ1v) is 16.6. The zero-order valence-electron chi connectivity index (χ0n) is 26.9. The van der Waals surface area contributed by atoms with E-state index in [-0.39, 0.29) is 35.0 Å². The molecule has 1 aromatic rings. The number of fused-ring (bicyclic) bond motifs is 1. The molecule has 236 valence electrons. The van der Waals surface area contributed by atoms with Gasteiger partial charge < -0.3 is 19.8 Å². The minimum absolute atomic E-state index is 0.0301. The quantitative estimate of drug-likeness (QED) is 0.308. The van der Waals surface area contributed by atoms with Gasteiger partial charge >= 0.3 is 0 Å². The van der Waals surface area contributed by atoms with Crippen LogP contribution in [0.1, 0.15) is 72.8 Å². The Morgan fingerprint density at radius 3 is 2.33 bits per heavy atom. The maximum absolute atomic E-state index is 14.9. The molecule has 1 N–H and O–H groups in total. The summed E-state index contributed by atoms with van der Waals surface area (Å²) in [5, 5.41) is 10.4. The van der Waals surface area contributed by atoms with Gasteiger partial charge in [-0.05, 0) is 50.5 Å². The van der Waals surface area contributed by atoms with Crippen LogP contribution in [0.2, 0.25) is 0 Å². The van der Waals surface area contributed by atoms with Crippen LogP contribution < -0.4 is 0 Å². The number of carbonyl (C=O) groups excluding carboxylic acids is 3. The lowest BCUT2D eigenvalue weighted by atomic mass is 9.70. The highest BCUT2D eigenvalue weighted by Crippen LogP contribution is 2.67. The lowest BCUT2D eigenvalue weighted by molar-refractivity contribution is -0.149. The second-order valence-corrected chi connectivity index (χ2v) is 15.9. The van der Waals surface area contributed by atoms with Crippen LogP contribution in [0.3, 0.4) is 0 Å². The predicted octanol–water partition coefficient (Wildman–Crippen LogP) is 5.29. The Labute approximate surface area is 262 Å². The van der Waals surface area contributed by atoms with E-state index in [9.17, 15) is 19.5 Å². The largest absolute Gasteiger partial charge is 0.394 e. The summed E-state index contributed by atoms with van der Waals surface area (Å²) in [5.74, 6) is -1.47. The Balaban J connectivity index is 1.77. The average molecular weight is 610 g/mol. The third kappa shape index (κ3) is 6.19. The second-order valence-electron chi connectivity index (χ2n) is 14.3. The number of aliphatic hydroxyl groups excluding tert-OH is 1. The molecule has 43 heavy (non-hydrogen) atoms. The molecule has 0 saturated carbocycles. The highest BCUT2D eigenvalue weighted by Gasteiger charge is 2.74. The van der Waals surface area contributed by atoms with Crippen molar-refractivity contribution < 1.29 is 19.5 Å². The Morgan fingerprint density at radius 2 is 1.77 bits per heavy atom. The fourth-order valence-electron chi connectivity index (χ4n) is 8.17.